The van der Waals surface area contributed by atoms with Crippen molar-refractivity contribution in [2.45, 2.75) is 31.6 Å². The number of fused-ring (bicyclic) bond motifs is 1. The number of sulfonamides is 1. The highest BCUT2D eigenvalue weighted by atomic mass is 32.2. The van der Waals surface area contributed by atoms with E-state index in [1.54, 1.807) is 24.8 Å². The van der Waals surface area contributed by atoms with Crippen LogP contribution >= 0.6 is 0 Å². The molecular formula is C18H23N3O4S. The van der Waals surface area contributed by atoms with Gasteiger partial charge in [-0.3, -0.25) is 9.59 Å². The van der Waals surface area contributed by atoms with E-state index in [0.717, 1.165) is 12.8 Å². The highest BCUT2D eigenvalue weighted by Crippen LogP contribution is 2.24. The Kier molecular flexibility index (Phi) is 5.15. The Bertz CT molecular complexity index is 987. The fraction of sp³-hybridized carbons (Fsp3) is 0.444. The van der Waals surface area contributed by atoms with Gasteiger partial charge in [-0.1, -0.05) is 13.8 Å². The van der Waals surface area contributed by atoms with E-state index < -0.39 is 10.0 Å². The average Bonchev–Trinajstić information content (AvgIpc) is 3.15. The van der Waals surface area contributed by atoms with Crippen molar-refractivity contribution in [3.05, 3.63) is 40.2 Å². The zero-order chi connectivity index (χ0) is 18.9. The molecule has 0 bridgehead atoms. The summed E-state index contributed by atoms with van der Waals surface area (Å²) in [5.41, 5.74) is 0.334. The van der Waals surface area contributed by atoms with Crippen molar-refractivity contribution in [1.82, 2.24) is 14.2 Å². The summed E-state index contributed by atoms with van der Waals surface area (Å²) < 4.78 is 27.0. The van der Waals surface area contributed by atoms with E-state index in [4.69, 9.17) is 0 Å². The third-order valence-electron chi connectivity index (χ3n) is 4.78. The molecule has 1 amide bonds. The molecule has 1 aromatic heterocycles. The molecule has 26 heavy (non-hydrogen) atoms. The van der Waals surface area contributed by atoms with Gasteiger partial charge in [0.1, 0.15) is 0 Å². The lowest BCUT2D eigenvalue weighted by atomic mass is 10.1. The second kappa shape index (κ2) is 7.20. The van der Waals surface area contributed by atoms with Crippen LogP contribution in [0.25, 0.3) is 10.9 Å². The van der Waals surface area contributed by atoms with Crippen LogP contribution in [0.5, 0.6) is 0 Å². The van der Waals surface area contributed by atoms with Crippen molar-refractivity contribution >= 4 is 26.8 Å². The van der Waals surface area contributed by atoms with Crippen molar-refractivity contribution in [1.29, 1.82) is 0 Å². The lowest BCUT2D eigenvalue weighted by Gasteiger charge is -2.19. The smallest absolute Gasteiger partial charge is 0.254 e. The number of pyridine rings is 1. The predicted octanol–water partition coefficient (Wildman–Crippen LogP) is 1.79. The largest absolute Gasteiger partial charge is 0.339 e. The normalized spacial score (nSPS) is 15.1. The van der Waals surface area contributed by atoms with Crippen molar-refractivity contribution in [2.75, 3.05) is 26.2 Å². The zero-order valence-electron chi connectivity index (χ0n) is 15.0. The number of carbonyl (C=O) groups is 1. The first kappa shape index (κ1) is 18.6. The minimum Gasteiger partial charge on any atom is -0.339 e. The molecule has 1 aromatic carbocycles. The maximum Gasteiger partial charge on any atom is 0.254 e. The van der Waals surface area contributed by atoms with Gasteiger partial charge in [0, 0.05) is 43.1 Å². The van der Waals surface area contributed by atoms with Crippen LogP contribution in [0.3, 0.4) is 0 Å². The first-order chi connectivity index (χ1) is 12.4. The van der Waals surface area contributed by atoms with Gasteiger partial charge in [0.2, 0.25) is 15.6 Å². The first-order valence-corrected chi connectivity index (χ1v) is 10.3. The van der Waals surface area contributed by atoms with Crippen LogP contribution in [-0.4, -0.2) is 54.7 Å². The van der Waals surface area contributed by atoms with Gasteiger partial charge in [-0.15, -0.1) is 0 Å². The maximum atomic E-state index is 12.8. The van der Waals surface area contributed by atoms with Gasteiger partial charge in [0.15, 0.2) is 0 Å². The summed E-state index contributed by atoms with van der Waals surface area (Å²) in [7, 11) is -3.65. The van der Waals surface area contributed by atoms with Crippen LogP contribution in [0.4, 0.5) is 0 Å². The Labute approximate surface area is 152 Å². The number of nitrogens with one attached hydrogen (secondary N) is 1. The average molecular weight is 377 g/mol. The molecule has 2 aromatic rings. The van der Waals surface area contributed by atoms with E-state index in [2.05, 4.69) is 4.98 Å². The molecule has 0 unspecified atom stereocenters. The lowest BCUT2D eigenvalue weighted by molar-refractivity contribution is 0.0794. The molecule has 1 saturated heterocycles. The maximum absolute atomic E-state index is 12.8. The van der Waals surface area contributed by atoms with Crippen LogP contribution in [0, 0.1) is 0 Å². The van der Waals surface area contributed by atoms with Crippen LogP contribution in [-0.2, 0) is 10.0 Å². The Balaban J connectivity index is 2.17. The molecule has 1 aliphatic rings. The number of hydrogen-bond donors (Lipinski definition) is 1. The number of amides is 1. The number of rotatable bonds is 5. The monoisotopic (exact) mass is 377 g/mol. The zero-order valence-corrected chi connectivity index (χ0v) is 15.8. The molecule has 0 spiro atoms. The van der Waals surface area contributed by atoms with Crippen molar-refractivity contribution < 1.29 is 13.2 Å². The Hall–Kier alpha value is -2.19. The molecule has 0 atom stereocenters. The molecule has 7 nitrogen and oxygen atoms in total. The second-order valence-corrected chi connectivity index (χ2v) is 8.28. The third kappa shape index (κ3) is 3.26. The van der Waals surface area contributed by atoms with E-state index in [1.165, 1.54) is 22.5 Å². The highest BCUT2D eigenvalue weighted by Gasteiger charge is 2.25. The summed E-state index contributed by atoms with van der Waals surface area (Å²) in [5.74, 6) is -0.226. The number of nitrogens with zero attached hydrogens (tertiary/aromatic N) is 2. The van der Waals surface area contributed by atoms with Crippen molar-refractivity contribution in [2.24, 2.45) is 0 Å². The number of likely N-dealkylation sites (tertiary alicyclic amines) is 1. The standard InChI is InChI=1S/C18H23N3O4S/c1-3-21(4-2)26(24,25)13-7-8-16-14(11-13)15(12-17(22)19-16)18(23)20-9-5-6-10-20/h7-8,11-12H,3-6,9-10H2,1-2H3,(H,19,22). The quantitative estimate of drug-likeness (QED) is 0.860. The van der Waals surface area contributed by atoms with Gasteiger partial charge in [-0.25, -0.2) is 8.42 Å². The molecular weight excluding hydrogens is 354 g/mol. The van der Waals surface area contributed by atoms with Gasteiger partial charge in [-0.05, 0) is 31.0 Å². The van der Waals surface area contributed by atoms with Gasteiger partial charge < -0.3 is 9.88 Å². The minimum atomic E-state index is -3.65. The number of benzene rings is 1. The van der Waals surface area contributed by atoms with Crippen LogP contribution in [0.1, 0.15) is 37.0 Å². The van der Waals surface area contributed by atoms with E-state index in [-0.39, 0.29) is 21.9 Å². The predicted molar refractivity (Wildman–Crippen MR) is 99.8 cm³/mol. The molecule has 8 heteroatoms. The summed E-state index contributed by atoms with van der Waals surface area (Å²) in [6, 6.07) is 5.77. The molecule has 1 fully saturated rings. The number of H-pyrrole nitrogens is 1. The van der Waals surface area contributed by atoms with E-state index in [0.29, 0.717) is 37.1 Å². The Morgan fingerprint density at radius 3 is 2.42 bits per heavy atom. The Morgan fingerprint density at radius 2 is 1.81 bits per heavy atom. The molecule has 1 N–H and O–H groups in total. The van der Waals surface area contributed by atoms with Gasteiger partial charge in [0.05, 0.1) is 10.5 Å². The third-order valence-corrected chi connectivity index (χ3v) is 6.83. The minimum absolute atomic E-state index is 0.122. The lowest BCUT2D eigenvalue weighted by Crippen LogP contribution is -2.31. The fourth-order valence-corrected chi connectivity index (χ4v) is 4.86. The summed E-state index contributed by atoms with van der Waals surface area (Å²) in [6.07, 6.45) is 1.88. The van der Waals surface area contributed by atoms with Crippen LogP contribution in [0.2, 0.25) is 0 Å². The van der Waals surface area contributed by atoms with Crippen LogP contribution < -0.4 is 5.56 Å². The Morgan fingerprint density at radius 1 is 1.15 bits per heavy atom. The molecule has 0 radical (unpaired) electrons. The molecule has 3 rings (SSSR count). The number of aromatic amines is 1. The SMILES string of the molecule is CCN(CC)S(=O)(=O)c1ccc2[nH]c(=O)cc(C(=O)N3CCCC3)c2c1. The molecule has 0 saturated carbocycles. The summed E-state index contributed by atoms with van der Waals surface area (Å²) in [4.78, 5) is 29.3. The van der Waals surface area contributed by atoms with Gasteiger partial charge in [0.25, 0.3) is 5.91 Å². The molecule has 2 heterocycles. The van der Waals surface area contributed by atoms with Crippen LogP contribution in [0.15, 0.2) is 34.0 Å². The highest BCUT2D eigenvalue weighted by molar-refractivity contribution is 7.89. The van der Waals surface area contributed by atoms with E-state index in [9.17, 15) is 18.0 Å². The summed E-state index contributed by atoms with van der Waals surface area (Å²) in [5, 5.41) is 0.453. The summed E-state index contributed by atoms with van der Waals surface area (Å²) in [6.45, 7) is 5.60. The number of hydrogen-bond acceptors (Lipinski definition) is 4. The number of aromatic nitrogens is 1. The van der Waals surface area contributed by atoms with E-state index >= 15 is 0 Å². The number of carbonyl (C=O) groups excluding carboxylic acids is 1. The molecule has 140 valence electrons. The van der Waals surface area contributed by atoms with Gasteiger partial charge >= 0.3 is 0 Å². The molecule has 1 aliphatic heterocycles. The second-order valence-electron chi connectivity index (χ2n) is 6.34. The van der Waals surface area contributed by atoms with E-state index in [1.807, 2.05) is 0 Å². The van der Waals surface area contributed by atoms with Gasteiger partial charge in [-0.2, -0.15) is 4.31 Å². The topological polar surface area (TPSA) is 90.5 Å². The first-order valence-electron chi connectivity index (χ1n) is 8.85. The van der Waals surface area contributed by atoms with Crippen molar-refractivity contribution in [3.63, 3.8) is 0 Å². The summed E-state index contributed by atoms with van der Waals surface area (Å²) >= 11 is 0. The fourth-order valence-electron chi connectivity index (χ4n) is 3.37. The molecule has 0 aliphatic carbocycles. The van der Waals surface area contributed by atoms with Crippen molar-refractivity contribution in [3.8, 4) is 0 Å².